The summed E-state index contributed by atoms with van der Waals surface area (Å²) < 4.78 is 0. The maximum absolute atomic E-state index is 11.3. The molecular formula is C17H27NO. The zero-order valence-corrected chi connectivity index (χ0v) is 12.2. The Kier molecular flexibility index (Phi) is 4.32. The van der Waals surface area contributed by atoms with E-state index in [0.29, 0.717) is 18.9 Å². The fraction of sp³-hybridized carbons (Fsp3) is 0.647. The topological polar surface area (TPSA) is 46.2 Å². The first-order valence-corrected chi connectivity index (χ1v) is 7.51. The molecule has 3 unspecified atom stereocenters. The Balaban J connectivity index is 2.26. The quantitative estimate of drug-likeness (QED) is 0.855. The molecule has 0 heterocycles. The molecule has 0 aliphatic heterocycles. The average Bonchev–Trinajstić information content (AvgIpc) is 2.83. The summed E-state index contributed by atoms with van der Waals surface area (Å²) in [6.07, 6.45) is 4.79. The number of benzene rings is 1. The highest BCUT2D eigenvalue weighted by molar-refractivity contribution is 5.19. The predicted octanol–water partition coefficient (Wildman–Crippen LogP) is 3.14. The van der Waals surface area contributed by atoms with Crippen molar-refractivity contribution >= 4 is 0 Å². The van der Waals surface area contributed by atoms with Crippen LogP contribution in [0, 0.1) is 11.3 Å². The maximum atomic E-state index is 11.3. The van der Waals surface area contributed by atoms with Gasteiger partial charge >= 0.3 is 0 Å². The molecule has 2 nitrogen and oxygen atoms in total. The molecule has 3 atom stereocenters. The number of hydrogen-bond acceptors (Lipinski definition) is 2. The molecule has 106 valence electrons. The van der Waals surface area contributed by atoms with Crippen LogP contribution in [-0.4, -0.2) is 17.3 Å². The van der Waals surface area contributed by atoms with Gasteiger partial charge in [-0.3, -0.25) is 0 Å². The molecular weight excluding hydrogens is 234 g/mol. The third-order valence-electron chi connectivity index (χ3n) is 5.16. The summed E-state index contributed by atoms with van der Waals surface area (Å²) in [6.45, 7) is 4.95. The molecule has 0 aromatic heterocycles. The lowest BCUT2D eigenvalue weighted by atomic mass is 9.66. The van der Waals surface area contributed by atoms with Gasteiger partial charge < -0.3 is 10.8 Å². The van der Waals surface area contributed by atoms with Gasteiger partial charge in [-0.05, 0) is 30.7 Å². The van der Waals surface area contributed by atoms with Crippen LogP contribution in [0.4, 0.5) is 0 Å². The highest BCUT2D eigenvalue weighted by Crippen LogP contribution is 2.50. The Bertz CT molecular complexity index is 405. The average molecular weight is 261 g/mol. The van der Waals surface area contributed by atoms with Crippen LogP contribution in [0.15, 0.2) is 30.3 Å². The van der Waals surface area contributed by atoms with E-state index in [4.69, 9.17) is 5.73 Å². The molecule has 19 heavy (non-hydrogen) atoms. The monoisotopic (exact) mass is 261 g/mol. The van der Waals surface area contributed by atoms with Crippen molar-refractivity contribution in [3.63, 3.8) is 0 Å². The normalized spacial score (nSPS) is 30.2. The molecule has 1 aromatic carbocycles. The van der Waals surface area contributed by atoms with Crippen molar-refractivity contribution in [1.29, 1.82) is 0 Å². The van der Waals surface area contributed by atoms with Gasteiger partial charge in [0.2, 0.25) is 0 Å². The molecule has 0 spiro atoms. The van der Waals surface area contributed by atoms with E-state index in [1.807, 2.05) is 18.2 Å². The van der Waals surface area contributed by atoms with Gasteiger partial charge in [-0.1, -0.05) is 50.6 Å². The summed E-state index contributed by atoms with van der Waals surface area (Å²) in [7, 11) is 0. The van der Waals surface area contributed by atoms with Crippen LogP contribution < -0.4 is 5.73 Å². The minimum absolute atomic E-state index is 0.100. The zero-order valence-electron chi connectivity index (χ0n) is 12.2. The summed E-state index contributed by atoms with van der Waals surface area (Å²) in [5, 5.41) is 11.3. The van der Waals surface area contributed by atoms with Crippen molar-refractivity contribution < 1.29 is 5.11 Å². The first kappa shape index (κ1) is 14.5. The number of nitrogens with two attached hydrogens (primary N) is 1. The Morgan fingerprint density at radius 3 is 2.53 bits per heavy atom. The second-order valence-corrected chi connectivity index (χ2v) is 6.38. The van der Waals surface area contributed by atoms with Crippen LogP contribution >= 0.6 is 0 Å². The molecule has 1 saturated carbocycles. The number of rotatable bonds is 5. The van der Waals surface area contributed by atoms with Crippen molar-refractivity contribution in [3.8, 4) is 0 Å². The van der Waals surface area contributed by atoms with Crippen LogP contribution in [-0.2, 0) is 6.42 Å². The molecule has 2 rings (SSSR count). The van der Waals surface area contributed by atoms with E-state index >= 15 is 0 Å². The second-order valence-electron chi connectivity index (χ2n) is 6.38. The fourth-order valence-corrected chi connectivity index (χ4v) is 3.81. The SMILES string of the molecule is CCC(O)(Cc1ccccc1)C1(CN)CCC(C)C1. The van der Waals surface area contributed by atoms with Gasteiger partial charge in [-0.25, -0.2) is 0 Å². The summed E-state index contributed by atoms with van der Waals surface area (Å²) in [4.78, 5) is 0. The molecule has 1 fully saturated rings. The van der Waals surface area contributed by atoms with Crippen molar-refractivity contribution in [2.45, 2.75) is 51.6 Å². The minimum Gasteiger partial charge on any atom is -0.389 e. The lowest BCUT2D eigenvalue weighted by Gasteiger charge is -2.45. The largest absolute Gasteiger partial charge is 0.389 e. The highest BCUT2D eigenvalue weighted by Gasteiger charge is 2.51. The molecule has 0 bridgehead atoms. The minimum atomic E-state index is -0.673. The molecule has 1 aromatic rings. The molecule has 1 aliphatic carbocycles. The smallest absolute Gasteiger partial charge is 0.0753 e. The molecule has 0 amide bonds. The Morgan fingerprint density at radius 2 is 2.05 bits per heavy atom. The predicted molar refractivity (Wildman–Crippen MR) is 79.9 cm³/mol. The van der Waals surface area contributed by atoms with E-state index in [0.717, 1.165) is 19.3 Å². The van der Waals surface area contributed by atoms with Gasteiger partial charge in [-0.15, -0.1) is 0 Å². The van der Waals surface area contributed by atoms with Gasteiger partial charge in [0.15, 0.2) is 0 Å². The number of aliphatic hydroxyl groups is 1. The van der Waals surface area contributed by atoms with Crippen LogP contribution in [0.5, 0.6) is 0 Å². The Labute approximate surface area is 117 Å². The van der Waals surface area contributed by atoms with E-state index in [1.165, 1.54) is 12.0 Å². The summed E-state index contributed by atoms with van der Waals surface area (Å²) in [6, 6.07) is 10.3. The zero-order chi connectivity index (χ0) is 13.9. The van der Waals surface area contributed by atoms with Crippen LogP contribution in [0.1, 0.15) is 45.1 Å². The fourth-order valence-electron chi connectivity index (χ4n) is 3.81. The summed E-state index contributed by atoms with van der Waals surface area (Å²) in [5.74, 6) is 0.678. The second kappa shape index (κ2) is 5.64. The van der Waals surface area contributed by atoms with E-state index in [-0.39, 0.29) is 5.41 Å². The van der Waals surface area contributed by atoms with E-state index in [9.17, 15) is 5.11 Å². The lowest BCUT2D eigenvalue weighted by Crippen LogP contribution is -2.52. The third-order valence-corrected chi connectivity index (χ3v) is 5.16. The van der Waals surface area contributed by atoms with Crippen molar-refractivity contribution in [3.05, 3.63) is 35.9 Å². The third kappa shape index (κ3) is 2.70. The van der Waals surface area contributed by atoms with E-state index < -0.39 is 5.60 Å². The van der Waals surface area contributed by atoms with Crippen LogP contribution in [0.3, 0.4) is 0 Å². The lowest BCUT2D eigenvalue weighted by molar-refractivity contribution is -0.0825. The Morgan fingerprint density at radius 1 is 1.37 bits per heavy atom. The van der Waals surface area contributed by atoms with Crippen molar-refractivity contribution in [2.24, 2.45) is 17.1 Å². The van der Waals surface area contributed by atoms with Gasteiger partial charge in [0, 0.05) is 18.4 Å². The van der Waals surface area contributed by atoms with Crippen molar-refractivity contribution in [1.82, 2.24) is 0 Å². The Hall–Kier alpha value is -0.860. The molecule has 0 saturated heterocycles. The summed E-state index contributed by atoms with van der Waals surface area (Å²) >= 11 is 0. The van der Waals surface area contributed by atoms with E-state index in [2.05, 4.69) is 26.0 Å². The van der Waals surface area contributed by atoms with Gasteiger partial charge in [-0.2, -0.15) is 0 Å². The first-order valence-electron chi connectivity index (χ1n) is 7.51. The number of hydrogen-bond donors (Lipinski definition) is 2. The standard InChI is InChI=1S/C17H27NO/c1-3-17(19,12-15-7-5-4-6-8-15)16(13-18)10-9-14(2)11-16/h4-8,14,19H,3,9-13,18H2,1-2H3. The summed E-state index contributed by atoms with van der Waals surface area (Å²) in [5.41, 5.74) is 6.52. The van der Waals surface area contributed by atoms with Gasteiger partial charge in [0.1, 0.15) is 0 Å². The van der Waals surface area contributed by atoms with Crippen LogP contribution in [0.25, 0.3) is 0 Å². The van der Waals surface area contributed by atoms with Crippen LogP contribution in [0.2, 0.25) is 0 Å². The van der Waals surface area contributed by atoms with Gasteiger partial charge in [0.05, 0.1) is 5.60 Å². The molecule has 0 radical (unpaired) electrons. The first-order chi connectivity index (χ1) is 9.05. The van der Waals surface area contributed by atoms with Crippen molar-refractivity contribution in [2.75, 3.05) is 6.54 Å². The molecule has 3 N–H and O–H groups in total. The van der Waals surface area contributed by atoms with Gasteiger partial charge in [0.25, 0.3) is 0 Å². The molecule has 2 heteroatoms. The highest BCUT2D eigenvalue weighted by atomic mass is 16.3. The molecule has 1 aliphatic rings. The van der Waals surface area contributed by atoms with E-state index in [1.54, 1.807) is 0 Å². The maximum Gasteiger partial charge on any atom is 0.0753 e.